The molecule has 0 aliphatic heterocycles. The predicted octanol–water partition coefficient (Wildman–Crippen LogP) is 4.44. The topological polar surface area (TPSA) is 56.0 Å². The maximum atomic E-state index is 4.72. The van der Waals surface area contributed by atoms with Crippen LogP contribution in [0.1, 0.15) is 5.56 Å². The lowest BCUT2D eigenvalue weighted by molar-refractivity contribution is 0.970. The van der Waals surface area contributed by atoms with Gasteiger partial charge in [-0.25, -0.2) is 4.98 Å². The molecule has 7 heteroatoms. The Kier molecular flexibility index (Phi) is 2.97. The molecule has 0 unspecified atom stereocenters. The van der Waals surface area contributed by atoms with E-state index in [1.807, 2.05) is 28.8 Å². The molecular weight excluding hydrogens is 338 g/mol. The number of para-hydroxylation sites is 1. The molecule has 4 heterocycles. The molecule has 0 saturated heterocycles. The van der Waals surface area contributed by atoms with Crippen molar-refractivity contribution < 1.29 is 0 Å². The molecule has 0 saturated carbocycles. The van der Waals surface area contributed by atoms with E-state index in [0.29, 0.717) is 0 Å². The van der Waals surface area contributed by atoms with Crippen molar-refractivity contribution in [1.29, 1.82) is 0 Å². The van der Waals surface area contributed by atoms with Gasteiger partial charge in [-0.1, -0.05) is 35.6 Å². The maximum Gasteiger partial charge on any atom is 0.235 e. The normalized spacial score (nSPS) is 11.5. The number of fused-ring (bicyclic) bond motifs is 2. The summed E-state index contributed by atoms with van der Waals surface area (Å²) in [7, 11) is 0. The van der Waals surface area contributed by atoms with Gasteiger partial charge < -0.3 is 0 Å². The van der Waals surface area contributed by atoms with Crippen LogP contribution in [0.3, 0.4) is 0 Å². The molecule has 0 amide bonds. The highest BCUT2D eigenvalue weighted by Crippen LogP contribution is 2.31. The van der Waals surface area contributed by atoms with Crippen LogP contribution in [-0.4, -0.2) is 24.8 Å². The van der Waals surface area contributed by atoms with E-state index < -0.39 is 0 Å². The van der Waals surface area contributed by atoms with Gasteiger partial charge in [-0.2, -0.15) is 9.61 Å². The molecule has 0 aliphatic rings. The molecule has 0 bridgehead atoms. The lowest BCUT2D eigenvalue weighted by Gasteiger charge is -1.99. The minimum Gasteiger partial charge on any atom is -0.245 e. The first-order chi connectivity index (χ1) is 11.8. The minimum absolute atomic E-state index is 0.780. The Morgan fingerprint density at radius 3 is 2.79 bits per heavy atom. The summed E-state index contributed by atoms with van der Waals surface area (Å²) >= 11 is 3.16. The summed E-state index contributed by atoms with van der Waals surface area (Å²) < 4.78 is 1.82. The Labute approximate surface area is 145 Å². The third-order valence-electron chi connectivity index (χ3n) is 3.87. The van der Waals surface area contributed by atoms with Gasteiger partial charge in [0.15, 0.2) is 10.8 Å². The molecule has 5 aromatic rings. The number of hydrogen-bond acceptors (Lipinski definition) is 6. The van der Waals surface area contributed by atoms with Crippen LogP contribution in [0, 0.1) is 6.92 Å². The molecule has 4 aromatic heterocycles. The van der Waals surface area contributed by atoms with Gasteiger partial charge in [-0.3, -0.25) is 0 Å². The van der Waals surface area contributed by atoms with E-state index in [0.717, 1.165) is 37.3 Å². The van der Waals surface area contributed by atoms with Gasteiger partial charge in [0, 0.05) is 5.39 Å². The third-order valence-corrected chi connectivity index (χ3v) is 5.81. The van der Waals surface area contributed by atoms with Gasteiger partial charge in [-0.15, -0.1) is 21.5 Å². The molecule has 0 spiro atoms. The fourth-order valence-electron chi connectivity index (χ4n) is 2.65. The molecule has 0 atom stereocenters. The second-order valence-corrected chi connectivity index (χ2v) is 7.32. The summed E-state index contributed by atoms with van der Waals surface area (Å²) in [5.41, 5.74) is 3.01. The second-order valence-electron chi connectivity index (χ2n) is 5.45. The Morgan fingerprint density at radius 1 is 1.00 bits per heavy atom. The zero-order valence-corrected chi connectivity index (χ0v) is 14.3. The highest BCUT2D eigenvalue weighted by Gasteiger charge is 2.17. The Hall–Kier alpha value is -2.64. The first kappa shape index (κ1) is 13.8. The summed E-state index contributed by atoms with van der Waals surface area (Å²) in [6.45, 7) is 2.07. The molecule has 0 N–H and O–H groups in total. The molecule has 0 fully saturated rings. The fraction of sp³-hybridized carbons (Fsp3) is 0.0588. The predicted molar refractivity (Wildman–Crippen MR) is 97.4 cm³/mol. The van der Waals surface area contributed by atoms with Crippen molar-refractivity contribution in [3.63, 3.8) is 0 Å². The zero-order valence-electron chi connectivity index (χ0n) is 12.7. The van der Waals surface area contributed by atoms with Crippen LogP contribution in [0.5, 0.6) is 0 Å². The van der Waals surface area contributed by atoms with Crippen molar-refractivity contribution in [1.82, 2.24) is 24.8 Å². The molecule has 24 heavy (non-hydrogen) atoms. The highest BCUT2D eigenvalue weighted by atomic mass is 32.1. The van der Waals surface area contributed by atoms with Crippen LogP contribution in [0.15, 0.2) is 47.8 Å². The first-order valence-corrected chi connectivity index (χ1v) is 9.12. The Balaban J connectivity index is 1.67. The lowest BCUT2D eigenvalue weighted by Crippen LogP contribution is -1.91. The largest absolute Gasteiger partial charge is 0.245 e. The standard InChI is InChI=1S/C17H11N5S2/c1-10-8-9-23-14(10)15-19-20-17-22(15)21-16(24-17)13-7-6-11-4-2-3-5-12(11)18-13/h2-9H,1H3. The first-order valence-electron chi connectivity index (χ1n) is 7.42. The number of thiophene rings is 1. The van der Waals surface area contributed by atoms with Crippen molar-refractivity contribution in [3.05, 3.63) is 53.4 Å². The zero-order chi connectivity index (χ0) is 16.1. The SMILES string of the molecule is Cc1ccsc1-c1nnc2sc(-c3ccc4ccccc4n3)nn12. The van der Waals surface area contributed by atoms with Gasteiger partial charge in [0.2, 0.25) is 4.96 Å². The monoisotopic (exact) mass is 349 g/mol. The van der Waals surface area contributed by atoms with Crippen LogP contribution < -0.4 is 0 Å². The van der Waals surface area contributed by atoms with Crippen LogP contribution >= 0.6 is 22.7 Å². The summed E-state index contributed by atoms with van der Waals surface area (Å²) in [5.74, 6) is 0.792. The molecule has 5 rings (SSSR count). The third kappa shape index (κ3) is 2.05. The maximum absolute atomic E-state index is 4.72. The average molecular weight is 349 g/mol. The smallest absolute Gasteiger partial charge is 0.235 e. The van der Waals surface area contributed by atoms with Gasteiger partial charge in [0.1, 0.15) is 5.69 Å². The van der Waals surface area contributed by atoms with Crippen molar-refractivity contribution in [3.8, 4) is 21.4 Å². The summed E-state index contributed by atoms with van der Waals surface area (Å²) in [4.78, 5) is 6.60. The minimum atomic E-state index is 0.780. The van der Waals surface area contributed by atoms with Crippen LogP contribution in [0.25, 0.3) is 37.3 Å². The van der Waals surface area contributed by atoms with Crippen molar-refractivity contribution >= 4 is 38.5 Å². The van der Waals surface area contributed by atoms with E-state index in [9.17, 15) is 0 Å². The number of hydrogen-bond donors (Lipinski definition) is 0. The van der Waals surface area contributed by atoms with Gasteiger partial charge in [0.25, 0.3) is 0 Å². The van der Waals surface area contributed by atoms with Crippen LogP contribution in [-0.2, 0) is 0 Å². The number of benzene rings is 1. The molecule has 0 aliphatic carbocycles. The quantitative estimate of drug-likeness (QED) is 0.473. The van der Waals surface area contributed by atoms with Crippen molar-refractivity contribution in [2.45, 2.75) is 6.92 Å². The van der Waals surface area contributed by atoms with E-state index in [2.05, 4.69) is 40.7 Å². The van der Waals surface area contributed by atoms with Gasteiger partial charge in [0.05, 0.1) is 10.4 Å². The molecule has 1 aromatic carbocycles. The van der Waals surface area contributed by atoms with E-state index in [4.69, 9.17) is 10.1 Å². The second kappa shape index (κ2) is 5.19. The number of nitrogens with zero attached hydrogens (tertiary/aromatic N) is 5. The Morgan fingerprint density at radius 2 is 1.92 bits per heavy atom. The van der Waals surface area contributed by atoms with Crippen molar-refractivity contribution in [2.75, 3.05) is 0 Å². The van der Waals surface area contributed by atoms with E-state index in [1.165, 1.54) is 16.9 Å². The fourth-order valence-corrected chi connectivity index (χ4v) is 4.35. The number of aryl methyl sites for hydroxylation is 1. The molecular formula is C17H11N5S2. The molecule has 116 valence electrons. The van der Waals surface area contributed by atoms with Crippen LogP contribution in [0.4, 0.5) is 0 Å². The highest BCUT2D eigenvalue weighted by molar-refractivity contribution is 7.19. The van der Waals surface area contributed by atoms with Gasteiger partial charge >= 0.3 is 0 Å². The van der Waals surface area contributed by atoms with E-state index in [-0.39, 0.29) is 0 Å². The van der Waals surface area contributed by atoms with E-state index >= 15 is 0 Å². The number of rotatable bonds is 2. The van der Waals surface area contributed by atoms with Gasteiger partial charge in [-0.05, 0) is 36.1 Å². The molecule has 0 radical (unpaired) electrons. The summed E-state index contributed by atoms with van der Waals surface area (Å²) in [6.07, 6.45) is 0. The van der Waals surface area contributed by atoms with Crippen molar-refractivity contribution in [2.24, 2.45) is 0 Å². The summed E-state index contributed by atoms with van der Waals surface area (Å²) in [5, 5.41) is 17.3. The molecule has 5 nitrogen and oxygen atoms in total. The van der Waals surface area contributed by atoms with Crippen LogP contribution in [0.2, 0.25) is 0 Å². The average Bonchev–Trinajstić information content (AvgIpc) is 3.30. The number of aromatic nitrogens is 5. The lowest BCUT2D eigenvalue weighted by atomic mass is 10.2. The number of pyridine rings is 1. The van der Waals surface area contributed by atoms with E-state index in [1.54, 1.807) is 11.3 Å². The summed E-state index contributed by atoms with van der Waals surface area (Å²) in [6, 6.07) is 14.2. The Bertz CT molecular complexity index is 1180.